The monoisotopic (exact) mass is 434 g/mol. The van der Waals surface area contributed by atoms with Crippen LogP contribution in [0.25, 0.3) is 0 Å². The summed E-state index contributed by atoms with van der Waals surface area (Å²) in [4.78, 5) is 43.8. The third-order valence-corrected chi connectivity index (χ3v) is 4.76. The van der Waals surface area contributed by atoms with Crippen molar-refractivity contribution in [1.82, 2.24) is 15.2 Å². The minimum atomic E-state index is -4.72. The van der Waals surface area contributed by atoms with Crippen molar-refractivity contribution >= 4 is 23.7 Å². The number of amides is 4. The molecular weight excluding hydrogens is 413 g/mol. The summed E-state index contributed by atoms with van der Waals surface area (Å²) >= 11 is 0. The van der Waals surface area contributed by atoms with Crippen LogP contribution in [-0.2, 0) is 6.18 Å². The van der Waals surface area contributed by atoms with Crippen LogP contribution in [0.3, 0.4) is 0 Å². The zero-order valence-corrected chi connectivity index (χ0v) is 16.8. The summed E-state index contributed by atoms with van der Waals surface area (Å²) in [5.74, 6) is -1.11. The molecule has 1 fully saturated rings. The molecule has 10 heteroatoms. The summed E-state index contributed by atoms with van der Waals surface area (Å²) < 4.78 is 39.9. The lowest BCUT2D eigenvalue weighted by Gasteiger charge is -2.34. The molecule has 4 amide bonds. The molecule has 1 aromatic carbocycles. The third kappa shape index (κ3) is 4.84. The molecule has 0 saturated carbocycles. The van der Waals surface area contributed by atoms with E-state index in [9.17, 15) is 27.6 Å². The van der Waals surface area contributed by atoms with Gasteiger partial charge in [0.1, 0.15) is 5.82 Å². The number of urea groups is 1. The van der Waals surface area contributed by atoms with Crippen LogP contribution in [-0.4, -0.2) is 47.4 Å². The van der Waals surface area contributed by atoms with Crippen molar-refractivity contribution in [3.8, 4) is 0 Å². The van der Waals surface area contributed by atoms with Crippen LogP contribution >= 0.6 is 0 Å². The number of halogens is 3. The number of benzene rings is 1. The summed E-state index contributed by atoms with van der Waals surface area (Å²) in [6, 6.07) is 6.58. The van der Waals surface area contributed by atoms with Crippen molar-refractivity contribution < 1.29 is 27.6 Å². The maximum atomic E-state index is 13.3. The van der Waals surface area contributed by atoms with E-state index in [1.807, 2.05) is 6.92 Å². The normalized spacial score (nSPS) is 14.5. The van der Waals surface area contributed by atoms with Crippen molar-refractivity contribution in [3.63, 3.8) is 0 Å². The van der Waals surface area contributed by atoms with Gasteiger partial charge in [-0.3, -0.25) is 19.4 Å². The average molecular weight is 434 g/mol. The van der Waals surface area contributed by atoms with Crippen molar-refractivity contribution in [2.45, 2.75) is 25.9 Å². The first kappa shape index (κ1) is 22.3. The van der Waals surface area contributed by atoms with Crippen molar-refractivity contribution in [1.29, 1.82) is 0 Å². The van der Waals surface area contributed by atoms with E-state index in [1.165, 1.54) is 35.4 Å². The first-order valence-electron chi connectivity index (χ1n) is 9.78. The predicted octanol–water partition coefficient (Wildman–Crippen LogP) is 3.71. The number of imide groups is 1. The highest BCUT2D eigenvalue weighted by atomic mass is 19.4. The van der Waals surface area contributed by atoms with Gasteiger partial charge in [0.05, 0.1) is 16.7 Å². The lowest BCUT2D eigenvalue weighted by atomic mass is 10.1. The standard InChI is InChI=1S/C21H21F3N4O3/c1-2-10-25-18(29)14-8-9-17(26-13-14)27-11-5-12-28(20(27)31)19(30)15-6-3-4-7-16(15)21(22,23)24/h3-4,6-9,13H,2,5,10-12H2,1H3,(H,25,29). The average Bonchev–Trinajstić information content (AvgIpc) is 2.76. The maximum absolute atomic E-state index is 13.3. The molecule has 164 valence electrons. The van der Waals surface area contributed by atoms with E-state index in [0.717, 1.165) is 23.5 Å². The number of alkyl halides is 3. The molecule has 0 atom stereocenters. The number of nitrogens with zero attached hydrogens (tertiary/aromatic N) is 3. The van der Waals surface area contributed by atoms with Gasteiger partial charge in [0.2, 0.25) is 0 Å². The van der Waals surface area contributed by atoms with Crippen LogP contribution in [0.15, 0.2) is 42.6 Å². The Kier molecular flexibility index (Phi) is 6.57. The molecule has 2 heterocycles. The van der Waals surface area contributed by atoms with E-state index < -0.39 is 29.2 Å². The van der Waals surface area contributed by atoms with Gasteiger partial charge in [0.25, 0.3) is 11.8 Å². The van der Waals surface area contributed by atoms with Gasteiger partial charge in [-0.25, -0.2) is 9.78 Å². The van der Waals surface area contributed by atoms with Gasteiger partial charge in [0, 0.05) is 25.8 Å². The van der Waals surface area contributed by atoms with Crippen molar-refractivity contribution in [3.05, 3.63) is 59.3 Å². The number of pyridine rings is 1. The number of carbonyl (C=O) groups is 3. The molecule has 3 rings (SSSR count). The van der Waals surface area contributed by atoms with Gasteiger partial charge in [-0.1, -0.05) is 19.1 Å². The number of hydrogen-bond donors (Lipinski definition) is 1. The first-order chi connectivity index (χ1) is 14.7. The second-order valence-electron chi connectivity index (χ2n) is 6.95. The summed E-state index contributed by atoms with van der Waals surface area (Å²) in [6.07, 6.45) is -2.26. The van der Waals surface area contributed by atoms with Gasteiger partial charge in [-0.15, -0.1) is 0 Å². The Morgan fingerprint density at radius 1 is 1.13 bits per heavy atom. The largest absolute Gasteiger partial charge is 0.417 e. The zero-order chi connectivity index (χ0) is 22.6. The number of aromatic nitrogens is 1. The lowest BCUT2D eigenvalue weighted by molar-refractivity contribution is -0.138. The molecule has 1 saturated heterocycles. The van der Waals surface area contributed by atoms with Gasteiger partial charge in [0.15, 0.2) is 0 Å². The minimum Gasteiger partial charge on any atom is -0.352 e. The SMILES string of the molecule is CCCNC(=O)c1ccc(N2CCCN(C(=O)c3ccccc3C(F)(F)F)C2=O)nc1. The summed E-state index contributed by atoms with van der Waals surface area (Å²) in [7, 11) is 0. The van der Waals surface area contributed by atoms with Crippen LogP contribution in [0, 0.1) is 0 Å². The van der Waals surface area contributed by atoms with Gasteiger partial charge < -0.3 is 5.32 Å². The molecule has 0 spiro atoms. The highest BCUT2D eigenvalue weighted by molar-refractivity contribution is 6.09. The van der Waals surface area contributed by atoms with E-state index >= 15 is 0 Å². The Labute approximate surface area is 176 Å². The Morgan fingerprint density at radius 2 is 1.87 bits per heavy atom. The highest BCUT2D eigenvalue weighted by Crippen LogP contribution is 2.33. The van der Waals surface area contributed by atoms with E-state index in [4.69, 9.17) is 0 Å². The molecule has 1 N–H and O–H groups in total. The number of anilines is 1. The Bertz CT molecular complexity index is 977. The Hall–Kier alpha value is -3.43. The molecule has 1 aliphatic rings. The molecule has 0 unspecified atom stereocenters. The second-order valence-corrected chi connectivity index (χ2v) is 6.95. The fourth-order valence-corrected chi connectivity index (χ4v) is 3.21. The predicted molar refractivity (Wildman–Crippen MR) is 107 cm³/mol. The smallest absolute Gasteiger partial charge is 0.352 e. The topological polar surface area (TPSA) is 82.6 Å². The first-order valence-corrected chi connectivity index (χ1v) is 9.78. The Morgan fingerprint density at radius 3 is 2.52 bits per heavy atom. The van der Waals surface area contributed by atoms with Crippen LogP contribution in [0.1, 0.15) is 46.0 Å². The molecule has 7 nitrogen and oxygen atoms in total. The van der Waals surface area contributed by atoms with Crippen LogP contribution in [0.4, 0.5) is 23.8 Å². The summed E-state index contributed by atoms with van der Waals surface area (Å²) in [6.45, 7) is 2.68. The lowest BCUT2D eigenvalue weighted by Crippen LogP contribution is -2.52. The molecule has 0 aliphatic carbocycles. The second kappa shape index (κ2) is 9.15. The molecule has 0 radical (unpaired) electrons. The van der Waals surface area contributed by atoms with Crippen LogP contribution in [0.2, 0.25) is 0 Å². The van der Waals surface area contributed by atoms with E-state index in [1.54, 1.807) is 0 Å². The van der Waals surface area contributed by atoms with E-state index in [0.29, 0.717) is 18.5 Å². The maximum Gasteiger partial charge on any atom is 0.417 e. The fraction of sp³-hybridized carbons (Fsp3) is 0.333. The molecule has 2 aromatic rings. The number of nitrogens with one attached hydrogen (secondary N) is 1. The zero-order valence-electron chi connectivity index (χ0n) is 16.8. The van der Waals surface area contributed by atoms with Gasteiger partial charge in [-0.2, -0.15) is 13.2 Å². The Balaban J connectivity index is 1.81. The fourth-order valence-electron chi connectivity index (χ4n) is 3.21. The minimum absolute atomic E-state index is 0.00212. The highest BCUT2D eigenvalue weighted by Gasteiger charge is 2.39. The van der Waals surface area contributed by atoms with Crippen molar-refractivity contribution in [2.24, 2.45) is 0 Å². The number of rotatable bonds is 5. The molecule has 0 bridgehead atoms. The summed E-state index contributed by atoms with van der Waals surface area (Å²) in [5, 5.41) is 2.71. The molecule has 31 heavy (non-hydrogen) atoms. The number of carbonyl (C=O) groups excluding carboxylic acids is 3. The third-order valence-electron chi connectivity index (χ3n) is 4.76. The van der Waals surface area contributed by atoms with E-state index in [-0.39, 0.29) is 24.8 Å². The van der Waals surface area contributed by atoms with Crippen LogP contribution < -0.4 is 10.2 Å². The molecular formula is C21H21F3N4O3. The van der Waals surface area contributed by atoms with Crippen molar-refractivity contribution in [2.75, 3.05) is 24.5 Å². The number of hydrogen-bond acceptors (Lipinski definition) is 4. The summed E-state index contributed by atoms with van der Waals surface area (Å²) in [5.41, 5.74) is -1.36. The molecule has 1 aliphatic heterocycles. The van der Waals surface area contributed by atoms with Gasteiger partial charge >= 0.3 is 12.2 Å². The molecule has 1 aromatic heterocycles. The van der Waals surface area contributed by atoms with Crippen LogP contribution in [0.5, 0.6) is 0 Å². The van der Waals surface area contributed by atoms with Gasteiger partial charge in [-0.05, 0) is 37.1 Å². The van der Waals surface area contributed by atoms with E-state index in [2.05, 4.69) is 10.3 Å². The quantitative estimate of drug-likeness (QED) is 0.778.